The third-order valence-electron chi connectivity index (χ3n) is 7.69. The average molecular weight is 791 g/mol. The Labute approximate surface area is 320 Å². The highest BCUT2D eigenvalue weighted by Gasteiger charge is 2.54. The van der Waals surface area contributed by atoms with Crippen LogP contribution < -0.4 is 4.74 Å². The number of carbonyl (C=O) groups excluding carboxylic acids is 8. The molecule has 0 saturated carbocycles. The predicted molar refractivity (Wildman–Crippen MR) is 184 cm³/mol. The first-order chi connectivity index (χ1) is 26.5. The predicted octanol–water partition coefficient (Wildman–Crippen LogP) is 1.79. The molecule has 1 fully saturated rings. The molecule has 0 N–H and O–H groups in total. The van der Waals surface area contributed by atoms with Gasteiger partial charge in [-0.3, -0.25) is 28.8 Å². The monoisotopic (exact) mass is 790 g/mol. The molecule has 0 spiro atoms. The van der Waals surface area contributed by atoms with Crippen LogP contribution >= 0.6 is 0 Å². The zero-order valence-electron chi connectivity index (χ0n) is 31.5. The molecule has 1 saturated heterocycles. The van der Waals surface area contributed by atoms with Crippen LogP contribution in [0.1, 0.15) is 46.6 Å². The van der Waals surface area contributed by atoms with Crippen LogP contribution in [0, 0.1) is 5.92 Å². The van der Waals surface area contributed by atoms with Crippen LogP contribution in [-0.2, 0) is 85.7 Å². The van der Waals surface area contributed by atoms with Gasteiger partial charge in [0.15, 0.2) is 18.3 Å². The minimum atomic E-state index is -1.74. The Kier molecular flexibility index (Phi) is 16.7. The van der Waals surface area contributed by atoms with E-state index < -0.39 is 110 Å². The van der Waals surface area contributed by atoms with Gasteiger partial charge < -0.3 is 52.1 Å². The SMILES string of the molecule is COC(=O)C[C@@H]1C(C(=O)OC)=CO[C@@H](O[C@@H]2O[C@H](COC(C)=O)[C@@H](OC(C)=O)[C@H](OC(C)=O)[C@H]2OC(C)=O)/C1=C/COC(=O)/C=C/c1ccc(OC(C)=O)cc1. The highest BCUT2D eigenvalue weighted by Crippen LogP contribution is 2.37. The number of hydrogen-bond acceptors (Lipinski definition) is 19. The van der Waals surface area contributed by atoms with E-state index in [-0.39, 0.29) is 11.1 Å². The van der Waals surface area contributed by atoms with Crippen molar-refractivity contribution in [2.75, 3.05) is 27.4 Å². The van der Waals surface area contributed by atoms with Crippen molar-refractivity contribution in [1.29, 1.82) is 0 Å². The first kappa shape index (κ1) is 44.3. The molecule has 7 atom stereocenters. The first-order valence-corrected chi connectivity index (χ1v) is 16.8. The summed E-state index contributed by atoms with van der Waals surface area (Å²) in [5.41, 5.74) is 0.416. The zero-order valence-corrected chi connectivity index (χ0v) is 31.5. The summed E-state index contributed by atoms with van der Waals surface area (Å²) in [5, 5.41) is 0. The topological polar surface area (TPSA) is 238 Å². The third-order valence-corrected chi connectivity index (χ3v) is 7.69. The van der Waals surface area contributed by atoms with E-state index >= 15 is 0 Å². The second-order valence-electron chi connectivity index (χ2n) is 11.9. The minimum absolute atomic E-state index is 0.00370. The van der Waals surface area contributed by atoms with Gasteiger partial charge >= 0.3 is 47.8 Å². The summed E-state index contributed by atoms with van der Waals surface area (Å²) in [5.74, 6) is -7.23. The van der Waals surface area contributed by atoms with E-state index in [0.717, 1.165) is 54.3 Å². The van der Waals surface area contributed by atoms with Gasteiger partial charge in [0.2, 0.25) is 12.6 Å². The number of methoxy groups -OCH3 is 2. The molecule has 0 aromatic heterocycles. The van der Waals surface area contributed by atoms with Crippen LogP contribution in [0.15, 0.2) is 53.8 Å². The second kappa shape index (κ2) is 21.1. The molecule has 0 amide bonds. The molecule has 0 unspecified atom stereocenters. The highest BCUT2D eigenvalue weighted by molar-refractivity contribution is 5.91. The first-order valence-electron chi connectivity index (χ1n) is 16.8. The van der Waals surface area contributed by atoms with Crippen molar-refractivity contribution < 1.29 is 90.5 Å². The Morgan fingerprint density at radius 3 is 1.93 bits per heavy atom. The van der Waals surface area contributed by atoms with Crippen LogP contribution in [0.4, 0.5) is 0 Å². The van der Waals surface area contributed by atoms with Crippen molar-refractivity contribution in [2.45, 2.75) is 78.0 Å². The van der Waals surface area contributed by atoms with E-state index in [0.29, 0.717) is 11.3 Å². The maximum absolute atomic E-state index is 12.9. The number of rotatable bonds is 15. The normalized spacial score (nSPS) is 23.7. The van der Waals surface area contributed by atoms with Crippen LogP contribution in [0.25, 0.3) is 6.08 Å². The largest absolute Gasteiger partial charge is 0.469 e. The molecule has 2 aliphatic rings. The minimum Gasteiger partial charge on any atom is -0.469 e. The lowest BCUT2D eigenvalue weighted by molar-refractivity contribution is -0.331. The highest BCUT2D eigenvalue weighted by atomic mass is 16.8. The Balaban J connectivity index is 2.03. The Morgan fingerprint density at radius 1 is 0.732 bits per heavy atom. The van der Waals surface area contributed by atoms with Gasteiger partial charge in [-0.2, -0.15) is 0 Å². The van der Waals surface area contributed by atoms with Crippen molar-refractivity contribution in [1.82, 2.24) is 0 Å². The molecule has 19 nitrogen and oxygen atoms in total. The van der Waals surface area contributed by atoms with Crippen LogP contribution in [0.5, 0.6) is 5.75 Å². The number of esters is 8. The summed E-state index contributed by atoms with van der Waals surface area (Å²) in [4.78, 5) is 97.9. The summed E-state index contributed by atoms with van der Waals surface area (Å²) in [7, 11) is 2.22. The van der Waals surface area contributed by atoms with Crippen molar-refractivity contribution in [3.63, 3.8) is 0 Å². The summed E-state index contributed by atoms with van der Waals surface area (Å²) in [6.45, 7) is 4.48. The molecule has 0 aliphatic carbocycles. The van der Waals surface area contributed by atoms with E-state index in [1.54, 1.807) is 12.1 Å². The van der Waals surface area contributed by atoms with Gasteiger partial charge in [0.25, 0.3) is 0 Å². The smallest absolute Gasteiger partial charge is 0.337 e. The molecule has 1 aromatic rings. The molecule has 2 aliphatic heterocycles. The van der Waals surface area contributed by atoms with E-state index in [4.69, 9.17) is 52.1 Å². The van der Waals surface area contributed by atoms with Gasteiger partial charge in [-0.05, 0) is 29.8 Å². The number of hydrogen-bond donors (Lipinski definition) is 0. The van der Waals surface area contributed by atoms with E-state index in [1.165, 1.54) is 31.2 Å². The molecule has 56 heavy (non-hydrogen) atoms. The van der Waals surface area contributed by atoms with Gasteiger partial charge in [0, 0.05) is 52.2 Å². The molecule has 19 heteroatoms. The van der Waals surface area contributed by atoms with Gasteiger partial charge in [-0.1, -0.05) is 12.1 Å². The number of ether oxygens (including phenoxy) is 11. The molecule has 0 bridgehead atoms. The lowest BCUT2D eigenvalue weighted by Gasteiger charge is -2.45. The molecule has 3 rings (SSSR count). The number of carbonyl (C=O) groups is 8. The second-order valence-corrected chi connectivity index (χ2v) is 11.9. The third kappa shape index (κ3) is 13.3. The van der Waals surface area contributed by atoms with Crippen LogP contribution in [0.2, 0.25) is 0 Å². The van der Waals surface area contributed by atoms with Crippen LogP contribution in [-0.4, -0.2) is 112 Å². The maximum atomic E-state index is 12.9. The fourth-order valence-electron chi connectivity index (χ4n) is 5.44. The molecular formula is C37H42O19. The molecular weight excluding hydrogens is 748 g/mol. The zero-order chi connectivity index (χ0) is 41.5. The van der Waals surface area contributed by atoms with Crippen molar-refractivity contribution in [3.05, 3.63) is 59.4 Å². The molecule has 2 heterocycles. The summed E-state index contributed by atoms with van der Waals surface area (Å²) in [6.07, 6.45) is -5.12. The Hall–Kier alpha value is -6.08. The standard InChI is InChI=1S/C37H42O19/c1-19(38)49-18-29-32(52-21(3)40)33(53-22(4)41)34(54-23(5)42)37(55-29)56-36-26(27(16-31(44)46-6)28(17-50-36)35(45)47-7)14-15-48-30(43)13-10-24-8-11-25(12-9-24)51-20(2)39/h8-14,17,27,29,32-34,36-37H,15-16,18H2,1-7H3/b13-10+,26-14+/t27-,29+,32+,33-,34+,36-,37-/m0/s1. The van der Waals surface area contributed by atoms with Crippen LogP contribution in [0.3, 0.4) is 0 Å². The fraction of sp³-hybridized carbons (Fsp3) is 0.459. The summed E-state index contributed by atoms with van der Waals surface area (Å²) in [6, 6.07) is 6.24. The summed E-state index contributed by atoms with van der Waals surface area (Å²) < 4.78 is 59.4. The van der Waals surface area contributed by atoms with Crippen molar-refractivity contribution in [2.24, 2.45) is 5.92 Å². The quantitative estimate of drug-likeness (QED) is 0.0809. The van der Waals surface area contributed by atoms with Gasteiger partial charge in [0.05, 0.1) is 32.5 Å². The van der Waals surface area contributed by atoms with E-state index in [1.807, 2.05) is 0 Å². The number of benzene rings is 1. The molecule has 0 radical (unpaired) electrons. The van der Waals surface area contributed by atoms with Gasteiger partial charge in [0.1, 0.15) is 25.1 Å². The maximum Gasteiger partial charge on any atom is 0.337 e. The van der Waals surface area contributed by atoms with Crippen molar-refractivity contribution in [3.8, 4) is 5.75 Å². The Bertz CT molecular complexity index is 1720. The average Bonchev–Trinajstić information content (AvgIpc) is 3.12. The van der Waals surface area contributed by atoms with Gasteiger partial charge in [-0.25, -0.2) is 9.59 Å². The van der Waals surface area contributed by atoms with E-state index in [9.17, 15) is 38.4 Å². The van der Waals surface area contributed by atoms with E-state index in [2.05, 4.69) is 0 Å². The fourth-order valence-corrected chi connectivity index (χ4v) is 5.44. The molecule has 304 valence electrons. The summed E-state index contributed by atoms with van der Waals surface area (Å²) >= 11 is 0. The lowest BCUT2D eigenvalue weighted by Crippen LogP contribution is -2.63. The lowest BCUT2D eigenvalue weighted by atomic mass is 9.86. The van der Waals surface area contributed by atoms with Gasteiger partial charge in [-0.15, -0.1) is 0 Å². The molecule has 1 aromatic carbocycles. The van der Waals surface area contributed by atoms with Crippen molar-refractivity contribution >= 4 is 53.8 Å². The Morgan fingerprint density at radius 2 is 1.36 bits per heavy atom.